The summed E-state index contributed by atoms with van der Waals surface area (Å²) in [5, 5.41) is 5.23. The second-order valence-corrected chi connectivity index (χ2v) is 7.61. The van der Waals surface area contributed by atoms with E-state index in [1.165, 1.54) is 6.42 Å². The van der Waals surface area contributed by atoms with E-state index in [4.69, 9.17) is 17.3 Å². The second kappa shape index (κ2) is 6.95. The van der Waals surface area contributed by atoms with Crippen molar-refractivity contribution in [3.63, 3.8) is 0 Å². The fourth-order valence-corrected chi connectivity index (χ4v) is 3.25. The molecular formula is C16H30ClN3. The third-order valence-corrected chi connectivity index (χ3v) is 4.07. The van der Waals surface area contributed by atoms with E-state index in [0.29, 0.717) is 11.3 Å². The van der Waals surface area contributed by atoms with E-state index in [1.54, 1.807) is 0 Å². The lowest BCUT2D eigenvalue weighted by molar-refractivity contribution is 0.284. The summed E-state index contributed by atoms with van der Waals surface area (Å²) in [6.45, 7) is 14.0. The fraction of sp³-hybridized carbons (Fsp3) is 0.812. The molecule has 0 radical (unpaired) electrons. The van der Waals surface area contributed by atoms with Gasteiger partial charge in [0, 0.05) is 19.0 Å². The molecule has 3 nitrogen and oxygen atoms in total. The molecule has 1 aromatic heterocycles. The average molecular weight is 300 g/mol. The zero-order valence-electron chi connectivity index (χ0n) is 13.8. The van der Waals surface area contributed by atoms with Crippen LogP contribution in [0.15, 0.2) is 0 Å². The molecule has 0 aliphatic carbocycles. The molecule has 1 aromatic rings. The summed E-state index contributed by atoms with van der Waals surface area (Å²) in [5.41, 5.74) is 8.67. The van der Waals surface area contributed by atoms with Crippen LogP contribution in [0.3, 0.4) is 0 Å². The highest BCUT2D eigenvalue weighted by atomic mass is 35.5. The first-order chi connectivity index (χ1) is 9.14. The van der Waals surface area contributed by atoms with Crippen LogP contribution in [-0.4, -0.2) is 15.8 Å². The summed E-state index contributed by atoms with van der Waals surface area (Å²) in [6.07, 6.45) is 3.03. The van der Waals surface area contributed by atoms with Crippen molar-refractivity contribution in [2.75, 3.05) is 0 Å². The van der Waals surface area contributed by atoms with Crippen molar-refractivity contribution in [1.82, 2.24) is 9.78 Å². The molecule has 0 bridgehead atoms. The van der Waals surface area contributed by atoms with Crippen LogP contribution in [0, 0.1) is 18.3 Å². The van der Waals surface area contributed by atoms with Gasteiger partial charge in [-0.25, -0.2) is 0 Å². The lowest BCUT2D eigenvalue weighted by atomic mass is 9.82. The molecule has 2 unspecified atom stereocenters. The van der Waals surface area contributed by atoms with Crippen molar-refractivity contribution in [3.8, 4) is 0 Å². The zero-order valence-corrected chi connectivity index (χ0v) is 14.6. The molecule has 0 aliphatic rings. The van der Waals surface area contributed by atoms with Crippen molar-refractivity contribution in [3.05, 3.63) is 16.4 Å². The van der Waals surface area contributed by atoms with Gasteiger partial charge in [0.1, 0.15) is 0 Å². The van der Waals surface area contributed by atoms with Gasteiger partial charge >= 0.3 is 0 Å². The third-order valence-electron chi connectivity index (χ3n) is 3.57. The van der Waals surface area contributed by atoms with Crippen LogP contribution in [-0.2, 0) is 13.0 Å². The number of aryl methyl sites for hydroxylation is 2. The third kappa shape index (κ3) is 5.10. The smallest absolute Gasteiger partial charge is 0.0847 e. The summed E-state index contributed by atoms with van der Waals surface area (Å²) in [5.74, 6) is 0.628. The molecule has 20 heavy (non-hydrogen) atoms. The number of halogens is 1. The Morgan fingerprint density at radius 1 is 1.35 bits per heavy atom. The molecule has 0 aromatic carbocycles. The lowest BCUT2D eigenvalue weighted by Crippen LogP contribution is -2.28. The molecule has 2 N–H and O–H groups in total. The molecule has 1 rings (SSSR count). The van der Waals surface area contributed by atoms with Crippen molar-refractivity contribution in [2.45, 2.75) is 73.4 Å². The van der Waals surface area contributed by atoms with Crippen molar-refractivity contribution >= 4 is 11.6 Å². The van der Waals surface area contributed by atoms with Crippen LogP contribution in [0.2, 0.25) is 5.02 Å². The summed E-state index contributed by atoms with van der Waals surface area (Å²) in [4.78, 5) is 0. The highest BCUT2D eigenvalue weighted by molar-refractivity contribution is 6.31. The number of rotatable bonds is 6. The molecule has 2 atom stereocenters. The molecule has 0 saturated heterocycles. The van der Waals surface area contributed by atoms with Gasteiger partial charge in [-0.1, -0.05) is 39.3 Å². The summed E-state index contributed by atoms with van der Waals surface area (Å²) < 4.78 is 1.98. The molecule has 0 spiro atoms. The predicted octanol–water partition coefficient (Wildman–Crippen LogP) is 4.20. The Hall–Kier alpha value is -0.540. The standard InChI is InChI=1S/C16H30ClN3/c1-7-20-14(15(17)12(3)19-20)9-13(18)8-11(2)10-16(4,5)6/h11,13H,7-10,18H2,1-6H3. The Labute approximate surface area is 128 Å². The van der Waals surface area contributed by atoms with Gasteiger partial charge < -0.3 is 5.73 Å². The normalized spacial score (nSPS) is 15.4. The van der Waals surface area contributed by atoms with Gasteiger partial charge in [0.05, 0.1) is 16.4 Å². The molecule has 0 amide bonds. The quantitative estimate of drug-likeness (QED) is 0.855. The van der Waals surface area contributed by atoms with E-state index in [0.717, 1.165) is 35.8 Å². The summed E-state index contributed by atoms with van der Waals surface area (Å²) >= 11 is 6.34. The first-order valence-corrected chi connectivity index (χ1v) is 7.99. The van der Waals surface area contributed by atoms with Gasteiger partial charge in [-0.2, -0.15) is 5.10 Å². The monoisotopic (exact) mass is 299 g/mol. The Bertz CT molecular complexity index is 432. The largest absolute Gasteiger partial charge is 0.327 e. The molecule has 116 valence electrons. The van der Waals surface area contributed by atoms with Gasteiger partial charge in [0.2, 0.25) is 0 Å². The lowest BCUT2D eigenvalue weighted by Gasteiger charge is -2.25. The SMILES string of the molecule is CCn1nc(C)c(Cl)c1CC(N)CC(C)CC(C)(C)C. The van der Waals surface area contributed by atoms with Crippen LogP contribution in [0.25, 0.3) is 0 Å². The number of nitrogens with zero attached hydrogens (tertiary/aromatic N) is 2. The maximum atomic E-state index is 6.34. The zero-order chi connectivity index (χ0) is 15.5. The maximum absolute atomic E-state index is 6.34. The van der Waals surface area contributed by atoms with Crippen molar-refractivity contribution in [2.24, 2.45) is 17.1 Å². The van der Waals surface area contributed by atoms with Gasteiger partial charge in [0.25, 0.3) is 0 Å². The minimum absolute atomic E-state index is 0.145. The van der Waals surface area contributed by atoms with Crippen LogP contribution < -0.4 is 5.73 Å². The summed E-state index contributed by atoms with van der Waals surface area (Å²) in [6, 6.07) is 0.145. The average Bonchev–Trinajstić information content (AvgIpc) is 2.53. The minimum atomic E-state index is 0.145. The first kappa shape index (κ1) is 17.5. The Kier molecular flexibility index (Phi) is 6.08. The highest BCUT2D eigenvalue weighted by Crippen LogP contribution is 2.28. The number of hydrogen-bond acceptors (Lipinski definition) is 2. The molecule has 0 fully saturated rings. The molecule has 1 heterocycles. The minimum Gasteiger partial charge on any atom is -0.327 e. The Morgan fingerprint density at radius 2 is 1.95 bits per heavy atom. The van der Waals surface area contributed by atoms with E-state index >= 15 is 0 Å². The van der Waals surface area contributed by atoms with Crippen molar-refractivity contribution in [1.29, 1.82) is 0 Å². The second-order valence-electron chi connectivity index (χ2n) is 7.23. The molecule has 4 heteroatoms. The van der Waals surface area contributed by atoms with E-state index in [9.17, 15) is 0 Å². The maximum Gasteiger partial charge on any atom is 0.0847 e. The van der Waals surface area contributed by atoms with E-state index in [-0.39, 0.29) is 6.04 Å². The van der Waals surface area contributed by atoms with Gasteiger partial charge in [0.15, 0.2) is 0 Å². The van der Waals surface area contributed by atoms with E-state index < -0.39 is 0 Å². The van der Waals surface area contributed by atoms with Crippen LogP contribution in [0.4, 0.5) is 0 Å². The Morgan fingerprint density at radius 3 is 2.45 bits per heavy atom. The predicted molar refractivity (Wildman–Crippen MR) is 87.2 cm³/mol. The molecule has 0 aliphatic heterocycles. The van der Waals surface area contributed by atoms with E-state index in [1.807, 2.05) is 11.6 Å². The topological polar surface area (TPSA) is 43.8 Å². The molecular weight excluding hydrogens is 270 g/mol. The van der Waals surface area contributed by atoms with E-state index in [2.05, 4.69) is 39.7 Å². The van der Waals surface area contributed by atoms with Crippen LogP contribution >= 0.6 is 11.6 Å². The number of hydrogen-bond donors (Lipinski definition) is 1. The fourth-order valence-electron chi connectivity index (χ4n) is 3.04. The van der Waals surface area contributed by atoms with Gasteiger partial charge in [-0.3, -0.25) is 4.68 Å². The number of nitrogens with two attached hydrogens (primary N) is 1. The Balaban J connectivity index is 2.65. The highest BCUT2D eigenvalue weighted by Gasteiger charge is 2.20. The van der Waals surface area contributed by atoms with Crippen molar-refractivity contribution < 1.29 is 0 Å². The first-order valence-electron chi connectivity index (χ1n) is 7.61. The van der Waals surface area contributed by atoms with Gasteiger partial charge in [-0.15, -0.1) is 0 Å². The molecule has 0 saturated carbocycles. The van der Waals surface area contributed by atoms with Gasteiger partial charge in [-0.05, 0) is 38.0 Å². The number of aromatic nitrogens is 2. The summed E-state index contributed by atoms with van der Waals surface area (Å²) in [7, 11) is 0. The van der Waals surface area contributed by atoms with Crippen LogP contribution in [0.1, 0.15) is 58.8 Å². The van der Waals surface area contributed by atoms with Crippen LogP contribution in [0.5, 0.6) is 0 Å².